The van der Waals surface area contributed by atoms with Gasteiger partial charge in [-0.3, -0.25) is 0 Å². The molecule has 0 aromatic carbocycles. The monoisotopic (exact) mass is 276 g/mol. The van der Waals surface area contributed by atoms with Crippen molar-refractivity contribution < 1.29 is 4.74 Å². The molecular formula is C16H12N4O. The normalized spacial score (nSPS) is 11.1. The largest absolute Gasteiger partial charge is 0.481 e. The van der Waals surface area contributed by atoms with Crippen LogP contribution in [0.15, 0.2) is 48.9 Å². The van der Waals surface area contributed by atoms with E-state index in [-0.39, 0.29) is 0 Å². The maximum absolute atomic E-state index is 5.30. The van der Waals surface area contributed by atoms with Crippen LogP contribution >= 0.6 is 0 Å². The van der Waals surface area contributed by atoms with E-state index < -0.39 is 0 Å². The van der Waals surface area contributed by atoms with Gasteiger partial charge in [-0.1, -0.05) is 0 Å². The molecule has 5 nitrogen and oxygen atoms in total. The van der Waals surface area contributed by atoms with Crippen molar-refractivity contribution in [3.63, 3.8) is 0 Å². The predicted octanol–water partition coefficient (Wildman–Crippen LogP) is 3.18. The maximum Gasteiger partial charge on any atom is 0.215 e. The first-order chi connectivity index (χ1) is 10.4. The lowest BCUT2D eigenvalue weighted by atomic mass is 10.0. The summed E-state index contributed by atoms with van der Waals surface area (Å²) in [6.45, 7) is 0. The molecule has 0 aliphatic carbocycles. The molecule has 0 radical (unpaired) electrons. The van der Waals surface area contributed by atoms with Crippen LogP contribution in [0.25, 0.3) is 33.2 Å². The zero-order valence-corrected chi connectivity index (χ0v) is 11.4. The van der Waals surface area contributed by atoms with E-state index in [1.54, 1.807) is 19.5 Å². The zero-order chi connectivity index (χ0) is 14.2. The molecular weight excluding hydrogens is 264 g/mol. The molecule has 102 valence electrons. The summed E-state index contributed by atoms with van der Waals surface area (Å²) in [4.78, 5) is 16.2. The first kappa shape index (κ1) is 11.8. The second-order valence-corrected chi connectivity index (χ2v) is 4.69. The first-order valence-electron chi connectivity index (χ1n) is 6.59. The number of aromatic nitrogens is 4. The summed E-state index contributed by atoms with van der Waals surface area (Å²) in [5.41, 5.74) is 3.63. The summed E-state index contributed by atoms with van der Waals surface area (Å²) >= 11 is 0. The van der Waals surface area contributed by atoms with E-state index >= 15 is 0 Å². The summed E-state index contributed by atoms with van der Waals surface area (Å²) in [6.07, 6.45) is 5.46. The lowest BCUT2D eigenvalue weighted by molar-refractivity contribution is 0.399. The highest BCUT2D eigenvalue weighted by Crippen LogP contribution is 2.34. The second kappa shape index (κ2) is 4.56. The fourth-order valence-electron chi connectivity index (χ4n) is 2.54. The van der Waals surface area contributed by atoms with E-state index in [4.69, 9.17) is 4.74 Å². The fraction of sp³-hybridized carbons (Fsp3) is 0.0625. The number of nitrogens with one attached hydrogen (secondary N) is 1. The molecule has 5 heteroatoms. The Hall–Kier alpha value is -2.95. The SMILES string of the molecule is COc1cc(-c2c[nH]c3ncccc23)c2cccnc2n1. The van der Waals surface area contributed by atoms with Crippen LogP contribution in [-0.4, -0.2) is 27.0 Å². The molecule has 0 aliphatic rings. The third kappa shape index (κ3) is 1.82. The smallest absolute Gasteiger partial charge is 0.215 e. The highest BCUT2D eigenvalue weighted by molar-refractivity contribution is 6.02. The zero-order valence-electron chi connectivity index (χ0n) is 11.4. The van der Waals surface area contributed by atoms with Crippen molar-refractivity contribution in [1.82, 2.24) is 19.9 Å². The molecule has 0 fully saturated rings. The number of hydrogen-bond acceptors (Lipinski definition) is 4. The van der Waals surface area contributed by atoms with Gasteiger partial charge in [0.1, 0.15) is 5.65 Å². The minimum atomic E-state index is 0.550. The van der Waals surface area contributed by atoms with Crippen molar-refractivity contribution in [1.29, 1.82) is 0 Å². The van der Waals surface area contributed by atoms with Crippen LogP contribution in [0.1, 0.15) is 0 Å². The van der Waals surface area contributed by atoms with Gasteiger partial charge >= 0.3 is 0 Å². The van der Waals surface area contributed by atoms with E-state index in [1.165, 1.54) is 0 Å². The molecule has 4 rings (SSSR count). The molecule has 0 spiro atoms. The van der Waals surface area contributed by atoms with Crippen molar-refractivity contribution in [2.45, 2.75) is 0 Å². The summed E-state index contributed by atoms with van der Waals surface area (Å²) in [7, 11) is 1.61. The van der Waals surface area contributed by atoms with Gasteiger partial charge in [0.2, 0.25) is 5.88 Å². The molecule has 4 heterocycles. The van der Waals surface area contributed by atoms with E-state index in [9.17, 15) is 0 Å². The van der Waals surface area contributed by atoms with Crippen LogP contribution in [0.3, 0.4) is 0 Å². The molecule has 0 saturated carbocycles. The topological polar surface area (TPSA) is 63.7 Å². The molecule has 0 bridgehead atoms. The molecule has 0 amide bonds. The number of aromatic amines is 1. The van der Waals surface area contributed by atoms with Gasteiger partial charge in [0.25, 0.3) is 0 Å². The Labute approximate surface area is 120 Å². The van der Waals surface area contributed by atoms with E-state index in [2.05, 4.69) is 19.9 Å². The van der Waals surface area contributed by atoms with Gasteiger partial charge in [-0.2, -0.15) is 4.98 Å². The molecule has 1 N–H and O–H groups in total. The molecule has 0 unspecified atom stereocenters. The van der Waals surface area contributed by atoms with Crippen LogP contribution in [0, 0.1) is 0 Å². The molecule has 4 aromatic rings. The van der Waals surface area contributed by atoms with Crippen molar-refractivity contribution in [2.24, 2.45) is 0 Å². The van der Waals surface area contributed by atoms with Gasteiger partial charge in [-0.05, 0) is 24.3 Å². The number of methoxy groups -OCH3 is 1. The molecule has 0 saturated heterocycles. The second-order valence-electron chi connectivity index (χ2n) is 4.69. The van der Waals surface area contributed by atoms with Gasteiger partial charge in [0.05, 0.1) is 7.11 Å². The third-order valence-corrected chi connectivity index (χ3v) is 3.51. The Balaban J connectivity index is 2.09. The number of pyridine rings is 3. The van der Waals surface area contributed by atoms with Crippen molar-refractivity contribution >= 4 is 22.1 Å². The molecule has 0 atom stereocenters. The minimum absolute atomic E-state index is 0.550. The quantitative estimate of drug-likeness (QED) is 0.610. The Morgan fingerprint density at radius 1 is 1.00 bits per heavy atom. The van der Waals surface area contributed by atoms with Gasteiger partial charge < -0.3 is 9.72 Å². The maximum atomic E-state index is 5.30. The van der Waals surface area contributed by atoms with Gasteiger partial charge in [0.15, 0.2) is 5.65 Å². The standard InChI is InChI=1S/C16H12N4O/c1-21-14-8-12(10-4-2-7-18-16(10)20-14)13-9-19-15-11(13)5-3-6-17-15/h2-9H,1H3,(H,17,19). The Bertz CT molecular complexity index is 945. The number of H-pyrrole nitrogens is 1. The summed E-state index contributed by atoms with van der Waals surface area (Å²) < 4.78 is 5.30. The van der Waals surface area contributed by atoms with Crippen LogP contribution in [-0.2, 0) is 0 Å². The highest BCUT2D eigenvalue weighted by atomic mass is 16.5. The van der Waals surface area contributed by atoms with Crippen molar-refractivity contribution in [2.75, 3.05) is 7.11 Å². The van der Waals surface area contributed by atoms with Crippen LogP contribution in [0.5, 0.6) is 5.88 Å². The number of hydrogen-bond donors (Lipinski definition) is 1. The third-order valence-electron chi connectivity index (χ3n) is 3.51. The number of rotatable bonds is 2. The Morgan fingerprint density at radius 2 is 1.81 bits per heavy atom. The number of fused-ring (bicyclic) bond motifs is 2. The number of ether oxygens (including phenoxy) is 1. The molecule has 21 heavy (non-hydrogen) atoms. The molecule has 0 aliphatic heterocycles. The van der Waals surface area contributed by atoms with E-state index in [0.717, 1.165) is 27.5 Å². The lowest BCUT2D eigenvalue weighted by Gasteiger charge is -2.07. The van der Waals surface area contributed by atoms with Crippen LogP contribution in [0.2, 0.25) is 0 Å². The van der Waals surface area contributed by atoms with Crippen LogP contribution in [0.4, 0.5) is 0 Å². The highest BCUT2D eigenvalue weighted by Gasteiger charge is 2.13. The van der Waals surface area contributed by atoms with Crippen molar-refractivity contribution in [3.8, 4) is 17.0 Å². The average Bonchev–Trinajstić information content (AvgIpc) is 2.97. The Kier molecular flexibility index (Phi) is 2.57. The van der Waals surface area contributed by atoms with E-state index in [1.807, 2.05) is 36.5 Å². The number of nitrogens with zero attached hydrogens (tertiary/aromatic N) is 3. The Morgan fingerprint density at radius 3 is 2.67 bits per heavy atom. The molecule has 4 aromatic heterocycles. The summed E-state index contributed by atoms with van der Waals surface area (Å²) in [6, 6.07) is 9.83. The average molecular weight is 276 g/mol. The summed E-state index contributed by atoms with van der Waals surface area (Å²) in [5, 5.41) is 2.05. The van der Waals surface area contributed by atoms with Crippen molar-refractivity contribution in [3.05, 3.63) is 48.9 Å². The first-order valence-corrected chi connectivity index (χ1v) is 6.59. The van der Waals surface area contributed by atoms with Gasteiger partial charge in [-0.15, -0.1) is 0 Å². The van der Waals surface area contributed by atoms with E-state index in [0.29, 0.717) is 11.5 Å². The minimum Gasteiger partial charge on any atom is -0.481 e. The van der Waals surface area contributed by atoms with Crippen LogP contribution < -0.4 is 4.74 Å². The van der Waals surface area contributed by atoms with Gasteiger partial charge in [0, 0.05) is 46.6 Å². The fourth-order valence-corrected chi connectivity index (χ4v) is 2.54. The predicted molar refractivity (Wildman–Crippen MR) is 81.2 cm³/mol. The lowest BCUT2D eigenvalue weighted by Crippen LogP contribution is -1.92. The summed E-state index contributed by atoms with van der Waals surface area (Å²) in [5.74, 6) is 0.550. The van der Waals surface area contributed by atoms with Gasteiger partial charge in [-0.25, -0.2) is 9.97 Å².